The minimum Gasteiger partial charge on any atom is -0.332 e. The lowest BCUT2D eigenvalue weighted by Crippen LogP contribution is -2.54. The van der Waals surface area contributed by atoms with E-state index in [0.29, 0.717) is 13.0 Å². The number of rotatable bonds is 3. The Labute approximate surface area is 185 Å². The van der Waals surface area contributed by atoms with E-state index in [1.54, 1.807) is 11.3 Å². The Balaban J connectivity index is 1.36. The van der Waals surface area contributed by atoms with Crippen molar-refractivity contribution >= 4 is 39.4 Å². The second-order valence-corrected chi connectivity index (χ2v) is 10.1. The smallest absolute Gasteiger partial charge is 0.325 e. The van der Waals surface area contributed by atoms with E-state index in [-0.39, 0.29) is 30.3 Å². The number of imide groups is 1. The van der Waals surface area contributed by atoms with Crippen LogP contribution in [-0.2, 0) is 9.59 Å². The van der Waals surface area contributed by atoms with Crippen molar-refractivity contribution in [3.63, 3.8) is 0 Å². The number of amides is 4. The van der Waals surface area contributed by atoms with Crippen LogP contribution in [0.1, 0.15) is 62.9 Å². The van der Waals surface area contributed by atoms with Crippen molar-refractivity contribution in [1.29, 1.82) is 0 Å². The van der Waals surface area contributed by atoms with Crippen molar-refractivity contribution in [1.82, 2.24) is 20.1 Å². The van der Waals surface area contributed by atoms with Crippen molar-refractivity contribution < 1.29 is 14.4 Å². The summed E-state index contributed by atoms with van der Waals surface area (Å²) in [5.41, 5.74) is 0.118. The van der Waals surface area contributed by atoms with Crippen molar-refractivity contribution in [3.8, 4) is 0 Å². The summed E-state index contributed by atoms with van der Waals surface area (Å²) in [6.07, 6.45) is 6.38. The van der Waals surface area contributed by atoms with Gasteiger partial charge in [0.25, 0.3) is 5.91 Å². The lowest BCUT2D eigenvalue weighted by Gasteiger charge is -2.37. The summed E-state index contributed by atoms with van der Waals surface area (Å²) in [5, 5.41) is 3.88. The van der Waals surface area contributed by atoms with Gasteiger partial charge in [-0.15, -0.1) is 11.3 Å². The molecule has 4 amide bonds. The van der Waals surface area contributed by atoms with E-state index in [1.165, 1.54) is 0 Å². The molecular formula is C23H28N4O3S. The van der Waals surface area contributed by atoms with Gasteiger partial charge in [-0.25, -0.2) is 9.78 Å². The fraction of sp³-hybridized carbons (Fsp3) is 0.565. The molecule has 1 aromatic heterocycles. The van der Waals surface area contributed by atoms with Crippen LogP contribution < -0.4 is 5.32 Å². The first-order valence-electron chi connectivity index (χ1n) is 11.3. The van der Waals surface area contributed by atoms with Crippen LogP contribution in [0.5, 0.6) is 0 Å². The first kappa shape index (κ1) is 20.4. The summed E-state index contributed by atoms with van der Waals surface area (Å²) in [4.78, 5) is 47.0. The second-order valence-electron chi connectivity index (χ2n) is 9.06. The molecule has 0 radical (unpaired) electrons. The van der Waals surface area contributed by atoms with Gasteiger partial charge < -0.3 is 10.2 Å². The summed E-state index contributed by atoms with van der Waals surface area (Å²) in [5.74, 6) is -0.317. The maximum Gasteiger partial charge on any atom is 0.325 e. The molecule has 3 fully saturated rings. The highest BCUT2D eigenvalue weighted by Gasteiger charge is 2.55. The zero-order chi connectivity index (χ0) is 21.6. The quantitative estimate of drug-likeness (QED) is 0.735. The average Bonchev–Trinajstić information content (AvgIpc) is 3.31. The Morgan fingerprint density at radius 1 is 1.19 bits per heavy atom. The number of nitrogens with one attached hydrogen (secondary N) is 1. The lowest BCUT2D eigenvalue weighted by molar-refractivity contribution is -0.142. The van der Waals surface area contributed by atoms with Gasteiger partial charge in [0, 0.05) is 6.54 Å². The largest absolute Gasteiger partial charge is 0.332 e. The maximum absolute atomic E-state index is 13.3. The molecule has 3 atom stereocenters. The van der Waals surface area contributed by atoms with Crippen LogP contribution in [0.3, 0.4) is 0 Å². The molecule has 2 aromatic rings. The van der Waals surface area contributed by atoms with Crippen LogP contribution in [0.2, 0.25) is 0 Å². The van der Waals surface area contributed by atoms with Gasteiger partial charge in [-0.2, -0.15) is 0 Å². The standard InChI is InChI=1S/C23H28N4O3S/c1-15-8-4-6-12-23(15)21(29)27(22(30)25-23)14-19(28)26-13-7-5-10-17(26)20-24-16-9-2-3-11-18(16)31-20/h2-3,9,11,15,17H,4-8,10,12-14H2,1H3,(H,25,30)/t15-,17-,23+/m1/s1. The predicted octanol–water partition coefficient (Wildman–Crippen LogP) is 3.85. The fourth-order valence-electron chi connectivity index (χ4n) is 5.38. The summed E-state index contributed by atoms with van der Waals surface area (Å²) < 4.78 is 1.11. The molecule has 3 heterocycles. The Kier molecular flexibility index (Phi) is 5.20. The average molecular weight is 441 g/mol. The fourth-order valence-corrected chi connectivity index (χ4v) is 6.50. The first-order chi connectivity index (χ1) is 15.0. The summed E-state index contributed by atoms with van der Waals surface area (Å²) in [6.45, 7) is 2.46. The summed E-state index contributed by atoms with van der Waals surface area (Å²) in [7, 11) is 0. The van der Waals surface area contributed by atoms with Crippen LogP contribution in [0, 0.1) is 5.92 Å². The highest BCUT2D eigenvalue weighted by atomic mass is 32.1. The number of piperidine rings is 1. The number of fused-ring (bicyclic) bond motifs is 1. The molecule has 1 aromatic carbocycles. The minimum absolute atomic E-state index is 0.0864. The van der Waals surface area contributed by atoms with E-state index in [0.717, 1.165) is 58.6 Å². The minimum atomic E-state index is -0.829. The highest BCUT2D eigenvalue weighted by Crippen LogP contribution is 2.39. The first-order valence-corrected chi connectivity index (χ1v) is 12.1. The number of nitrogens with zero attached hydrogens (tertiary/aromatic N) is 3. The van der Waals surface area contributed by atoms with E-state index >= 15 is 0 Å². The molecule has 1 saturated carbocycles. The molecule has 7 nitrogen and oxygen atoms in total. The molecular weight excluding hydrogens is 412 g/mol. The molecule has 2 aliphatic heterocycles. The summed E-state index contributed by atoms with van der Waals surface area (Å²) in [6, 6.07) is 7.47. The van der Waals surface area contributed by atoms with Crippen LogP contribution in [-0.4, -0.2) is 51.3 Å². The Bertz CT molecular complexity index is 1000. The predicted molar refractivity (Wildman–Crippen MR) is 119 cm³/mol. The number of thiazole rings is 1. The van der Waals surface area contributed by atoms with Crippen molar-refractivity contribution in [2.45, 2.75) is 63.5 Å². The second kappa shape index (κ2) is 7.89. The van der Waals surface area contributed by atoms with Gasteiger partial charge in [0.15, 0.2) is 0 Å². The molecule has 2 saturated heterocycles. The third-order valence-corrected chi connectivity index (χ3v) is 8.35. The highest BCUT2D eigenvalue weighted by molar-refractivity contribution is 7.18. The van der Waals surface area contributed by atoms with E-state index in [9.17, 15) is 14.4 Å². The van der Waals surface area contributed by atoms with E-state index in [1.807, 2.05) is 36.1 Å². The molecule has 31 heavy (non-hydrogen) atoms. The van der Waals surface area contributed by atoms with Gasteiger partial charge in [0.1, 0.15) is 17.1 Å². The normalized spacial score (nSPS) is 29.1. The number of para-hydroxylation sites is 1. The molecule has 1 spiro atoms. The van der Waals surface area contributed by atoms with Crippen molar-refractivity contribution in [2.24, 2.45) is 5.92 Å². The number of hydrogen-bond donors (Lipinski definition) is 1. The molecule has 1 aliphatic carbocycles. The van der Waals surface area contributed by atoms with Gasteiger partial charge in [-0.1, -0.05) is 31.9 Å². The van der Waals surface area contributed by atoms with Crippen molar-refractivity contribution in [3.05, 3.63) is 29.3 Å². The van der Waals surface area contributed by atoms with Crippen molar-refractivity contribution in [2.75, 3.05) is 13.1 Å². The van der Waals surface area contributed by atoms with Gasteiger partial charge in [-0.05, 0) is 50.2 Å². The Hall–Kier alpha value is -2.48. The van der Waals surface area contributed by atoms with Crippen LogP contribution in [0.15, 0.2) is 24.3 Å². The Morgan fingerprint density at radius 2 is 2.00 bits per heavy atom. The molecule has 1 N–H and O–H groups in total. The van der Waals surface area contributed by atoms with Gasteiger partial charge in [-0.3, -0.25) is 14.5 Å². The Morgan fingerprint density at radius 3 is 2.81 bits per heavy atom. The SMILES string of the molecule is C[C@@H]1CCCC[C@]12NC(=O)N(CC(=O)N1CCCC[C@@H]1c1nc3ccccc3s1)C2=O. The number of likely N-dealkylation sites (tertiary alicyclic amines) is 1. The van der Waals surface area contributed by atoms with Gasteiger partial charge >= 0.3 is 6.03 Å². The number of aromatic nitrogens is 1. The van der Waals surface area contributed by atoms with Crippen LogP contribution in [0.4, 0.5) is 4.79 Å². The monoisotopic (exact) mass is 440 g/mol. The third-order valence-electron chi connectivity index (χ3n) is 7.21. The van der Waals surface area contributed by atoms with E-state index in [2.05, 4.69) is 5.32 Å². The van der Waals surface area contributed by atoms with E-state index in [4.69, 9.17) is 4.98 Å². The zero-order valence-electron chi connectivity index (χ0n) is 17.8. The molecule has 3 aliphatic rings. The number of carbonyl (C=O) groups is 3. The number of hydrogen-bond acceptors (Lipinski definition) is 5. The lowest BCUT2D eigenvalue weighted by atomic mass is 9.73. The third kappa shape index (κ3) is 3.41. The summed E-state index contributed by atoms with van der Waals surface area (Å²) >= 11 is 1.62. The zero-order valence-corrected chi connectivity index (χ0v) is 18.6. The molecule has 164 valence electrons. The number of benzene rings is 1. The van der Waals surface area contributed by atoms with Crippen LogP contribution >= 0.6 is 11.3 Å². The number of urea groups is 1. The molecule has 0 unspecified atom stereocenters. The van der Waals surface area contributed by atoms with Crippen LogP contribution in [0.25, 0.3) is 10.2 Å². The van der Waals surface area contributed by atoms with Gasteiger partial charge in [0.05, 0.1) is 16.3 Å². The topological polar surface area (TPSA) is 82.6 Å². The molecule has 8 heteroatoms. The van der Waals surface area contributed by atoms with Gasteiger partial charge in [0.2, 0.25) is 5.91 Å². The molecule has 0 bridgehead atoms. The molecule has 5 rings (SSSR count). The van der Waals surface area contributed by atoms with E-state index < -0.39 is 11.6 Å². The maximum atomic E-state index is 13.3. The number of carbonyl (C=O) groups excluding carboxylic acids is 3.